The first-order valence-corrected chi connectivity index (χ1v) is 9.81. The van der Waals surface area contributed by atoms with E-state index >= 15 is 0 Å². The Bertz CT molecular complexity index is 439. The molecule has 3 heterocycles. The Hall–Kier alpha value is -0.0300. The summed E-state index contributed by atoms with van der Waals surface area (Å²) in [6.07, 6.45) is 3.67. The fourth-order valence-corrected chi connectivity index (χ4v) is 5.92. The molecule has 112 valence electrons. The quantitative estimate of drug-likeness (QED) is 0.908. The second-order valence-electron chi connectivity index (χ2n) is 6.13. The monoisotopic (exact) mass is 311 g/mol. The predicted octanol–water partition coefficient (Wildman–Crippen LogP) is 4.01. The molecule has 2 fully saturated rings. The first-order chi connectivity index (χ1) is 9.74. The number of hydrogen-bond donors (Lipinski definition) is 1. The Balaban J connectivity index is 1.79. The van der Waals surface area contributed by atoms with Gasteiger partial charge in [-0.05, 0) is 66.3 Å². The van der Waals surface area contributed by atoms with Crippen LogP contribution in [0.3, 0.4) is 0 Å². The third kappa shape index (κ3) is 2.94. The van der Waals surface area contributed by atoms with Crippen molar-refractivity contribution in [1.82, 2.24) is 5.32 Å². The topological polar surface area (TPSA) is 21.3 Å². The van der Waals surface area contributed by atoms with Crippen LogP contribution >= 0.6 is 23.1 Å². The van der Waals surface area contributed by atoms with Gasteiger partial charge in [0.15, 0.2) is 0 Å². The van der Waals surface area contributed by atoms with Crippen LogP contribution < -0.4 is 5.32 Å². The molecule has 3 unspecified atom stereocenters. The summed E-state index contributed by atoms with van der Waals surface area (Å²) in [5.74, 6) is 3.19. The van der Waals surface area contributed by atoms with E-state index in [2.05, 4.69) is 41.7 Å². The van der Waals surface area contributed by atoms with Crippen molar-refractivity contribution in [3.63, 3.8) is 0 Å². The van der Waals surface area contributed by atoms with Crippen molar-refractivity contribution < 1.29 is 4.74 Å². The van der Waals surface area contributed by atoms with Crippen molar-refractivity contribution in [2.24, 2.45) is 5.92 Å². The van der Waals surface area contributed by atoms with E-state index in [0.29, 0.717) is 6.04 Å². The van der Waals surface area contributed by atoms with Gasteiger partial charge in [-0.3, -0.25) is 0 Å². The average molecular weight is 312 g/mol. The van der Waals surface area contributed by atoms with Gasteiger partial charge in [-0.1, -0.05) is 6.92 Å². The molecule has 2 aliphatic heterocycles. The van der Waals surface area contributed by atoms with Gasteiger partial charge in [0.1, 0.15) is 0 Å². The zero-order valence-electron chi connectivity index (χ0n) is 12.5. The van der Waals surface area contributed by atoms with Gasteiger partial charge < -0.3 is 10.1 Å². The summed E-state index contributed by atoms with van der Waals surface area (Å²) < 4.78 is 6.19. The fraction of sp³-hybridized carbons (Fsp3) is 0.750. The second-order valence-corrected chi connectivity index (χ2v) is 7.98. The molecule has 1 spiro atoms. The Labute approximate surface area is 130 Å². The molecule has 2 nitrogen and oxygen atoms in total. The van der Waals surface area contributed by atoms with Crippen molar-refractivity contribution in [3.05, 3.63) is 21.9 Å². The SMILES string of the molecule is CCNC(c1cscc1C)C1CCOC2(CCSC2)C1. The Morgan fingerprint density at radius 1 is 1.50 bits per heavy atom. The maximum Gasteiger partial charge on any atom is 0.0783 e. The lowest BCUT2D eigenvalue weighted by Crippen LogP contribution is -2.43. The highest BCUT2D eigenvalue weighted by Gasteiger charge is 2.42. The highest BCUT2D eigenvalue weighted by Crippen LogP contribution is 2.44. The third-order valence-electron chi connectivity index (χ3n) is 4.72. The average Bonchev–Trinajstić information content (AvgIpc) is 3.06. The number of nitrogens with one attached hydrogen (secondary N) is 1. The van der Waals surface area contributed by atoms with E-state index in [-0.39, 0.29) is 5.60 Å². The first-order valence-electron chi connectivity index (χ1n) is 7.72. The van der Waals surface area contributed by atoms with Gasteiger partial charge in [-0.2, -0.15) is 23.1 Å². The van der Waals surface area contributed by atoms with E-state index in [1.807, 2.05) is 11.3 Å². The Kier molecular flexibility index (Phi) is 4.75. The van der Waals surface area contributed by atoms with E-state index in [1.165, 1.54) is 41.9 Å². The molecule has 0 aromatic carbocycles. The molecule has 0 aliphatic carbocycles. The number of aryl methyl sites for hydroxylation is 1. The van der Waals surface area contributed by atoms with Crippen molar-refractivity contribution in [1.29, 1.82) is 0 Å². The van der Waals surface area contributed by atoms with Crippen LogP contribution in [0.5, 0.6) is 0 Å². The van der Waals surface area contributed by atoms with Crippen molar-refractivity contribution in [2.45, 2.75) is 44.8 Å². The van der Waals surface area contributed by atoms with E-state index in [0.717, 1.165) is 19.1 Å². The maximum atomic E-state index is 6.19. The molecule has 20 heavy (non-hydrogen) atoms. The summed E-state index contributed by atoms with van der Waals surface area (Å²) in [6, 6.07) is 0.512. The summed E-state index contributed by atoms with van der Waals surface area (Å²) >= 11 is 3.90. The van der Waals surface area contributed by atoms with Crippen LogP contribution in [0.15, 0.2) is 10.8 Å². The zero-order valence-corrected chi connectivity index (χ0v) is 14.1. The van der Waals surface area contributed by atoms with Crippen LogP contribution in [0.25, 0.3) is 0 Å². The van der Waals surface area contributed by atoms with Crippen LogP contribution in [-0.4, -0.2) is 30.3 Å². The van der Waals surface area contributed by atoms with E-state index < -0.39 is 0 Å². The molecule has 1 N–H and O–H groups in total. The summed E-state index contributed by atoms with van der Waals surface area (Å²) in [5, 5.41) is 8.37. The molecule has 1 aromatic heterocycles. The van der Waals surface area contributed by atoms with E-state index in [1.54, 1.807) is 0 Å². The standard InChI is InChI=1S/C16H25NOS2/c1-3-17-15(14-10-20-9-12(14)2)13-4-6-18-16(8-13)5-7-19-11-16/h9-10,13,15,17H,3-8,11H2,1-2H3. The van der Waals surface area contributed by atoms with Gasteiger partial charge >= 0.3 is 0 Å². The second kappa shape index (κ2) is 6.39. The van der Waals surface area contributed by atoms with Crippen molar-refractivity contribution >= 4 is 23.1 Å². The molecule has 0 saturated carbocycles. The molecule has 2 aliphatic rings. The maximum absolute atomic E-state index is 6.19. The third-order valence-corrected chi connectivity index (χ3v) is 6.83. The lowest BCUT2D eigenvalue weighted by atomic mass is 9.79. The van der Waals surface area contributed by atoms with Gasteiger partial charge in [0.25, 0.3) is 0 Å². The summed E-state index contributed by atoms with van der Waals surface area (Å²) in [4.78, 5) is 0. The van der Waals surface area contributed by atoms with Crippen LogP contribution in [0, 0.1) is 12.8 Å². The number of thioether (sulfide) groups is 1. The van der Waals surface area contributed by atoms with Gasteiger partial charge in [0, 0.05) is 18.4 Å². The van der Waals surface area contributed by atoms with E-state index in [9.17, 15) is 0 Å². The van der Waals surface area contributed by atoms with Crippen LogP contribution in [-0.2, 0) is 4.74 Å². The molecule has 3 atom stereocenters. The molecular weight excluding hydrogens is 286 g/mol. The molecule has 0 bridgehead atoms. The highest BCUT2D eigenvalue weighted by molar-refractivity contribution is 7.99. The smallest absolute Gasteiger partial charge is 0.0783 e. The minimum absolute atomic E-state index is 0.186. The normalized spacial score (nSPS) is 31.8. The minimum Gasteiger partial charge on any atom is -0.374 e. The fourth-order valence-electron chi connectivity index (χ4n) is 3.65. The Morgan fingerprint density at radius 2 is 2.40 bits per heavy atom. The molecule has 0 amide bonds. The zero-order chi connectivity index (χ0) is 14.0. The molecule has 4 heteroatoms. The molecule has 0 radical (unpaired) electrons. The van der Waals surface area contributed by atoms with Crippen LogP contribution in [0.4, 0.5) is 0 Å². The minimum atomic E-state index is 0.186. The van der Waals surface area contributed by atoms with Gasteiger partial charge in [0.05, 0.1) is 5.60 Å². The highest BCUT2D eigenvalue weighted by atomic mass is 32.2. The number of ether oxygens (including phenoxy) is 1. The van der Waals surface area contributed by atoms with Gasteiger partial charge in [0.2, 0.25) is 0 Å². The number of thiophene rings is 1. The molecule has 1 aromatic rings. The Morgan fingerprint density at radius 3 is 3.05 bits per heavy atom. The largest absolute Gasteiger partial charge is 0.374 e. The number of rotatable bonds is 4. The van der Waals surface area contributed by atoms with Crippen molar-refractivity contribution in [3.8, 4) is 0 Å². The molecular formula is C16H25NOS2. The van der Waals surface area contributed by atoms with E-state index in [4.69, 9.17) is 4.74 Å². The summed E-state index contributed by atoms with van der Waals surface area (Å²) in [7, 11) is 0. The van der Waals surface area contributed by atoms with Crippen LogP contribution in [0.1, 0.15) is 43.4 Å². The van der Waals surface area contributed by atoms with Crippen LogP contribution in [0.2, 0.25) is 0 Å². The number of hydrogen-bond acceptors (Lipinski definition) is 4. The first kappa shape index (κ1) is 14.9. The van der Waals surface area contributed by atoms with Crippen molar-refractivity contribution in [2.75, 3.05) is 24.7 Å². The lowest BCUT2D eigenvalue weighted by Gasteiger charge is -2.41. The predicted molar refractivity (Wildman–Crippen MR) is 88.8 cm³/mol. The molecule has 3 rings (SSSR count). The molecule has 2 saturated heterocycles. The summed E-state index contributed by atoms with van der Waals surface area (Å²) in [5.41, 5.74) is 3.15. The van der Waals surface area contributed by atoms with Gasteiger partial charge in [-0.25, -0.2) is 0 Å². The van der Waals surface area contributed by atoms with Gasteiger partial charge in [-0.15, -0.1) is 0 Å². The lowest BCUT2D eigenvalue weighted by molar-refractivity contribution is -0.0853. The summed E-state index contributed by atoms with van der Waals surface area (Å²) in [6.45, 7) is 6.45.